The number of methoxy groups -OCH3 is 1. The summed E-state index contributed by atoms with van der Waals surface area (Å²) in [5.74, 6) is 0.639. The molecule has 114 valence electrons. The van der Waals surface area contributed by atoms with Crippen molar-refractivity contribution < 1.29 is 13.2 Å². The summed E-state index contributed by atoms with van der Waals surface area (Å²) in [5.41, 5.74) is 6.28. The van der Waals surface area contributed by atoms with Crippen LogP contribution < -0.4 is 10.5 Å². The molecule has 0 amide bonds. The van der Waals surface area contributed by atoms with E-state index in [1.807, 2.05) is 20.8 Å². The SMILES string of the molecule is CCN(C(C)C)S(=O)(=O)c1ccc(OC)cc1CCN. The van der Waals surface area contributed by atoms with Crippen LogP contribution >= 0.6 is 0 Å². The van der Waals surface area contributed by atoms with Gasteiger partial charge in [-0.15, -0.1) is 0 Å². The van der Waals surface area contributed by atoms with E-state index in [0.29, 0.717) is 35.7 Å². The Balaban J connectivity index is 3.36. The molecule has 0 heterocycles. The van der Waals surface area contributed by atoms with E-state index in [9.17, 15) is 8.42 Å². The quantitative estimate of drug-likeness (QED) is 0.830. The normalized spacial score (nSPS) is 12.2. The third-order valence-electron chi connectivity index (χ3n) is 3.16. The first-order valence-electron chi connectivity index (χ1n) is 6.77. The predicted octanol–water partition coefficient (Wildman–Crippen LogP) is 1.62. The second-order valence-electron chi connectivity index (χ2n) is 4.81. The average Bonchev–Trinajstić information content (AvgIpc) is 2.38. The molecule has 0 fully saturated rings. The fourth-order valence-corrected chi connectivity index (χ4v) is 4.10. The molecule has 5 nitrogen and oxygen atoms in total. The molecule has 20 heavy (non-hydrogen) atoms. The highest BCUT2D eigenvalue weighted by atomic mass is 32.2. The van der Waals surface area contributed by atoms with Crippen LogP contribution in [0.25, 0.3) is 0 Å². The third kappa shape index (κ3) is 3.50. The van der Waals surface area contributed by atoms with Crippen molar-refractivity contribution in [1.82, 2.24) is 4.31 Å². The van der Waals surface area contributed by atoms with Crippen LogP contribution in [0.2, 0.25) is 0 Å². The van der Waals surface area contributed by atoms with Gasteiger partial charge in [0.2, 0.25) is 10.0 Å². The zero-order valence-electron chi connectivity index (χ0n) is 12.6. The highest BCUT2D eigenvalue weighted by Gasteiger charge is 2.27. The van der Waals surface area contributed by atoms with Crippen LogP contribution in [0.1, 0.15) is 26.3 Å². The molecular weight excluding hydrogens is 276 g/mol. The molecule has 0 unspecified atom stereocenters. The highest BCUT2D eigenvalue weighted by Crippen LogP contribution is 2.26. The molecule has 0 saturated heterocycles. The van der Waals surface area contributed by atoms with Crippen molar-refractivity contribution in [2.45, 2.75) is 38.1 Å². The minimum atomic E-state index is -3.51. The lowest BCUT2D eigenvalue weighted by Crippen LogP contribution is -2.37. The first-order chi connectivity index (χ1) is 9.38. The Morgan fingerprint density at radius 1 is 1.35 bits per heavy atom. The van der Waals surface area contributed by atoms with Crippen LogP contribution in [0.3, 0.4) is 0 Å². The summed E-state index contributed by atoms with van der Waals surface area (Å²) in [6.45, 7) is 6.40. The van der Waals surface area contributed by atoms with Gasteiger partial charge in [0.1, 0.15) is 5.75 Å². The number of ether oxygens (including phenoxy) is 1. The second kappa shape index (κ2) is 7.06. The topological polar surface area (TPSA) is 72.6 Å². The number of nitrogens with zero attached hydrogens (tertiary/aromatic N) is 1. The van der Waals surface area contributed by atoms with Crippen molar-refractivity contribution >= 4 is 10.0 Å². The molecule has 0 radical (unpaired) electrons. The Labute approximate surface area is 121 Å². The predicted molar refractivity (Wildman–Crippen MR) is 80.5 cm³/mol. The summed E-state index contributed by atoms with van der Waals surface area (Å²) in [6.07, 6.45) is 0.501. The van der Waals surface area contributed by atoms with Gasteiger partial charge in [0.15, 0.2) is 0 Å². The maximum absolute atomic E-state index is 12.7. The van der Waals surface area contributed by atoms with Gasteiger partial charge in [-0.05, 0) is 50.6 Å². The van der Waals surface area contributed by atoms with Gasteiger partial charge in [-0.2, -0.15) is 4.31 Å². The number of hydrogen-bond donors (Lipinski definition) is 1. The van der Waals surface area contributed by atoms with E-state index in [-0.39, 0.29) is 6.04 Å². The van der Waals surface area contributed by atoms with Gasteiger partial charge in [0.05, 0.1) is 12.0 Å². The van der Waals surface area contributed by atoms with E-state index in [2.05, 4.69) is 0 Å². The van der Waals surface area contributed by atoms with Gasteiger partial charge in [-0.1, -0.05) is 6.92 Å². The van der Waals surface area contributed by atoms with Crippen LogP contribution in [0.4, 0.5) is 0 Å². The fraction of sp³-hybridized carbons (Fsp3) is 0.571. The average molecular weight is 300 g/mol. The standard InChI is InChI=1S/C14H24N2O3S/c1-5-16(11(2)3)20(17,18)14-7-6-13(19-4)10-12(14)8-9-15/h6-7,10-11H,5,8-9,15H2,1-4H3. The number of rotatable bonds is 7. The Morgan fingerprint density at radius 2 is 2.00 bits per heavy atom. The van der Waals surface area contributed by atoms with Crippen LogP contribution in [0, 0.1) is 0 Å². The van der Waals surface area contributed by atoms with Crippen LogP contribution in [-0.2, 0) is 16.4 Å². The lowest BCUT2D eigenvalue weighted by Gasteiger charge is -2.25. The van der Waals surface area contributed by atoms with Gasteiger partial charge in [0.25, 0.3) is 0 Å². The Morgan fingerprint density at radius 3 is 2.45 bits per heavy atom. The molecule has 0 aliphatic heterocycles. The van der Waals surface area contributed by atoms with E-state index in [1.165, 1.54) is 4.31 Å². The van der Waals surface area contributed by atoms with Crippen LogP contribution in [-0.4, -0.2) is 39.0 Å². The minimum Gasteiger partial charge on any atom is -0.497 e. The minimum absolute atomic E-state index is 0.0853. The maximum atomic E-state index is 12.7. The van der Waals surface area contributed by atoms with E-state index in [4.69, 9.17) is 10.5 Å². The first-order valence-corrected chi connectivity index (χ1v) is 8.21. The van der Waals surface area contributed by atoms with Gasteiger partial charge in [-0.25, -0.2) is 8.42 Å². The zero-order valence-corrected chi connectivity index (χ0v) is 13.4. The van der Waals surface area contributed by atoms with Gasteiger partial charge >= 0.3 is 0 Å². The summed E-state index contributed by atoms with van der Waals surface area (Å²) in [7, 11) is -1.95. The molecule has 0 aromatic heterocycles. The molecule has 1 aromatic carbocycles. The number of hydrogen-bond acceptors (Lipinski definition) is 4. The van der Waals surface area contributed by atoms with Gasteiger partial charge in [-0.3, -0.25) is 0 Å². The Hall–Kier alpha value is -1.11. The Bertz CT molecular complexity index is 541. The van der Waals surface area contributed by atoms with Crippen molar-refractivity contribution in [3.8, 4) is 5.75 Å². The number of sulfonamides is 1. The molecule has 0 spiro atoms. The summed E-state index contributed by atoms with van der Waals surface area (Å²) in [6, 6.07) is 4.93. The molecule has 0 atom stereocenters. The summed E-state index contributed by atoms with van der Waals surface area (Å²) >= 11 is 0. The second-order valence-corrected chi connectivity index (χ2v) is 6.67. The van der Waals surface area contributed by atoms with Crippen molar-refractivity contribution in [1.29, 1.82) is 0 Å². The molecule has 1 rings (SSSR count). The van der Waals surface area contributed by atoms with E-state index < -0.39 is 10.0 Å². The van der Waals surface area contributed by atoms with Gasteiger partial charge in [0, 0.05) is 12.6 Å². The lowest BCUT2D eigenvalue weighted by molar-refractivity contribution is 0.368. The van der Waals surface area contributed by atoms with E-state index in [0.717, 1.165) is 0 Å². The monoisotopic (exact) mass is 300 g/mol. The molecule has 1 aromatic rings. The molecule has 0 bridgehead atoms. The number of benzene rings is 1. The molecular formula is C14H24N2O3S. The third-order valence-corrected chi connectivity index (χ3v) is 5.41. The van der Waals surface area contributed by atoms with E-state index in [1.54, 1.807) is 25.3 Å². The van der Waals surface area contributed by atoms with Crippen LogP contribution in [0.15, 0.2) is 23.1 Å². The smallest absolute Gasteiger partial charge is 0.243 e. The number of nitrogens with two attached hydrogens (primary N) is 1. The van der Waals surface area contributed by atoms with E-state index >= 15 is 0 Å². The highest BCUT2D eigenvalue weighted by molar-refractivity contribution is 7.89. The maximum Gasteiger partial charge on any atom is 0.243 e. The fourth-order valence-electron chi connectivity index (χ4n) is 2.22. The summed E-state index contributed by atoms with van der Waals surface area (Å²) < 4.78 is 32.1. The molecule has 0 aliphatic carbocycles. The molecule has 0 aliphatic rings. The lowest BCUT2D eigenvalue weighted by atomic mass is 10.1. The Kier molecular flexibility index (Phi) is 5.98. The summed E-state index contributed by atoms with van der Waals surface area (Å²) in [5, 5.41) is 0. The molecule has 2 N–H and O–H groups in total. The van der Waals surface area contributed by atoms with Crippen molar-refractivity contribution in [2.75, 3.05) is 20.2 Å². The summed E-state index contributed by atoms with van der Waals surface area (Å²) in [4.78, 5) is 0.319. The molecule has 0 saturated carbocycles. The zero-order chi connectivity index (χ0) is 15.3. The van der Waals surface area contributed by atoms with Crippen LogP contribution in [0.5, 0.6) is 5.75 Å². The molecule has 6 heteroatoms. The first kappa shape index (κ1) is 16.9. The largest absolute Gasteiger partial charge is 0.497 e. The van der Waals surface area contributed by atoms with Gasteiger partial charge < -0.3 is 10.5 Å². The van der Waals surface area contributed by atoms with Crippen molar-refractivity contribution in [3.63, 3.8) is 0 Å². The van der Waals surface area contributed by atoms with Crippen molar-refractivity contribution in [3.05, 3.63) is 23.8 Å². The van der Waals surface area contributed by atoms with Crippen molar-refractivity contribution in [2.24, 2.45) is 5.73 Å².